The number of esters is 1. The molecule has 1 N–H and O–H groups in total. The van der Waals surface area contributed by atoms with Crippen LogP contribution in [0.15, 0.2) is 23.6 Å². The Labute approximate surface area is 129 Å². The Morgan fingerprint density at radius 3 is 2.77 bits per heavy atom. The number of hydrogen-bond acceptors (Lipinski definition) is 7. The monoisotopic (exact) mass is 320 g/mol. The van der Waals surface area contributed by atoms with Gasteiger partial charge in [0.2, 0.25) is 0 Å². The number of phenols is 1. The van der Waals surface area contributed by atoms with E-state index in [9.17, 15) is 20.0 Å². The Kier molecular flexibility index (Phi) is 4.52. The lowest BCUT2D eigenvalue weighted by atomic mass is 10.1. The van der Waals surface area contributed by atoms with Crippen LogP contribution in [0.25, 0.3) is 11.6 Å². The van der Waals surface area contributed by atoms with Gasteiger partial charge < -0.3 is 9.84 Å². The normalized spacial score (nSPS) is 11.3. The molecule has 0 atom stereocenters. The lowest BCUT2D eigenvalue weighted by Crippen LogP contribution is -2.03. The second-order valence-corrected chi connectivity index (χ2v) is 5.21. The van der Waals surface area contributed by atoms with Gasteiger partial charge in [-0.15, -0.1) is 11.3 Å². The lowest BCUT2D eigenvalue weighted by molar-refractivity contribution is -0.385. The summed E-state index contributed by atoms with van der Waals surface area (Å²) in [7, 11) is 1.25. The molecule has 0 aliphatic heterocycles. The van der Waals surface area contributed by atoms with Gasteiger partial charge in [-0.3, -0.25) is 10.1 Å². The summed E-state index contributed by atoms with van der Waals surface area (Å²) >= 11 is 1.27. The summed E-state index contributed by atoms with van der Waals surface area (Å²) in [6.07, 6.45) is 1.44. The number of nitro groups is 1. The number of phenolic OH excluding ortho intramolecular Hbond substituents is 1. The van der Waals surface area contributed by atoms with Crippen molar-refractivity contribution in [2.45, 2.75) is 6.92 Å². The van der Waals surface area contributed by atoms with Gasteiger partial charge in [-0.2, -0.15) is 0 Å². The zero-order valence-corrected chi connectivity index (χ0v) is 12.6. The molecule has 0 unspecified atom stereocenters. The van der Waals surface area contributed by atoms with Crippen LogP contribution in [-0.2, 0) is 9.53 Å². The summed E-state index contributed by atoms with van der Waals surface area (Å²) in [5.74, 6) is -1.03. The van der Waals surface area contributed by atoms with Gasteiger partial charge in [-0.1, -0.05) is 6.07 Å². The topological polar surface area (TPSA) is 103 Å². The molecule has 1 heterocycles. The second-order valence-electron chi connectivity index (χ2n) is 4.35. The number of ether oxygens (including phenoxy) is 1. The first-order chi connectivity index (χ1) is 10.4. The van der Waals surface area contributed by atoms with Gasteiger partial charge in [0.25, 0.3) is 0 Å². The molecule has 0 fully saturated rings. The van der Waals surface area contributed by atoms with Crippen LogP contribution >= 0.6 is 11.3 Å². The van der Waals surface area contributed by atoms with E-state index in [2.05, 4.69) is 4.98 Å². The number of methoxy groups -OCH3 is 1. The average molecular weight is 320 g/mol. The fraction of sp³-hybridized carbons (Fsp3) is 0.143. The molecule has 0 bridgehead atoms. The van der Waals surface area contributed by atoms with Crippen LogP contribution in [0.1, 0.15) is 16.3 Å². The van der Waals surface area contributed by atoms with Crippen LogP contribution in [0.5, 0.6) is 5.75 Å². The summed E-state index contributed by atoms with van der Waals surface area (Å²) in [4.78, 5) is 26.3. The first-order valence-electron chi connectivity index (χ1n) is 6.12. The number of nitro benzene ring substituents is 1. The molecule has 7 nitrogen and oxygen atoms in total. The van der Waals surface area contributed by atoms with E-state index in [4.69, 9.17) is 4.74 Å². The zero-order valence-electron chi connectivity index (χ0n) is 11.8. The minimum absolute atomic E-state index is 0.195. The van der Waals surface area contributed by atoms with Crippen LogP contribution in [0, 0.1) is 17.0 Å². The summed E-state index contributed by atoms with van der Waals surface area (Å²) < 4.78 is 4.73. The van der Waals surface area contributed by atoms with Crippen LogP contribution < -0.4 is 0 Å². The Balaban J connectivity index is 2.52. The van der Waals surface area contributed by atoms with Crippen LogP contribution in [-0.4, -0.2) is 28.1 Å². The number of hydrogen-bond donors (Lipinski definition) is 1. The number of benzene rings is 1. The molecular weight excluding hydrogens is 308 g/mol. The maximum atomic E-state index is 11.9. The molecule has 0 aliphatic carbocycles. The van der Waals surface area contributed by atoms with Crippen molar-refractivity contribution in [3.8, 4) is 5.75 Å². The molecule has 0 saturated heterocycles. The quantitative estimate of drug-likeness (QED) is 0.402. The Morgan fingerprint density at radius 1 is 1.50 bits per heavy atom. The Hall–Kier alpha value is -2.74. The lowest BCUT2D eigenvalue weighted by Gasteiger charge is -2.03. The van der Waals surface area contributed by atoms with Crippen molar-refractivity contribution in [2.24, 2.45) is 0 Å². The van der Waals surface area contributed by atoms with Crippen LogP contribution in [0.2, 0.25) is 0 Å². The van der Waals surface area contributed by atoms with Gasteiger partial charge in [-0.25, -0.2) is 9.78 Å². The summed E-state index contributed by atoms with van der Waals surface area (Å²) in [6.45, 7) is 1.79. The highest BCUT2D eigenvalue weighted by molar-refractivity contribution is 7.11. The maximum absolute atomic E-state index is 11.9. The first kappa shape index (κ1) is 15.6. The van der Waals surface area contributed by atoms with Gasteiger partial charge in [-0.05, 0) is 24.6 Å². The maximum Gasteiger partial charge on any atom is 0.340 e. The second kappa shape index (κ2) is 6.35. The molecule has 1 aromatic heterocycles. The Morgan fingerprint density at radius 2 is 2.23 bits per heavy atom. The number of rotatable bonds is 4. The standard InChI is InChI=1S/C14H12N2O5S/c1-8-7-22-13(15-8)10(14(18)21-2)5-9-3-4-12(17)11(6-9)16(19)20/h3-7,17H,1-2H3/b10-5-. The van der Waals surface area contributed by atoms with E-state index >= 15 is 0 Å². The average Bonchev–Trinajstić information content (AvgIpc) is 2.91. The minimum atomic E-state index is -0.696. The van der Waals surface area contributed by atoms with Crippen molar-refractivity contribution in [1.29, 1.82) is 0 Å². The van der Waals surface area contributed by atoms with Gasteiger partial charge in [0.05, 0.1) is 17.6 Å². The number of aromatic hydroxyl groups is 1. The number of nitrogens with zero attached hydrogens (tertiary/aromatic N) is 2. The van der Waals surface area contributed by atoms with Crippen molar-refractivity contribution >= 4 is 34.6 Å². The smallest absolute Gasteiger partial charge is 0.340 e. The molecule has 22 heavy (non-hydrogen) atoms. The third-order valence-electron chi connectivity index (χ3n) is 2.76. The number of aromatic nitrogens is 1. The molecule has 0 amide bonds. The highest BCUT2D eigenvalue weighted by atomic mass is 32.1. The van der Waals surface area contributed by atoms with Crippen LogP contribution in [0.3, 0.4) is 0 Å². The molecule has 0 aliphatic rings. The molecule has 8 heteroatoms. The van der Waals surface area contributed by atoms with E-state index in [0.717, 1.165) is 5.69 Å². The van der Waals surface area contributed by atoms with Gasteiger partial charge in [0.15, 0.2) is 5.75 Å². The van der Waals surface area contributed by atoms with Gasteiger partial charge in [0.1, 0.15) is 5.01 Å². The third kappa shape index (κ3) is 3.29. The molecule has 0 radical (unpaired) electrons. The molecule has 114 valence electrons. The largest absolute Gasteiger partial charge is 0.502 e. The van der Waals surface area contributed by atoms with E-state index in [1.54, 1.807) is 12.3 Å². The Bertz CT molecular complexity index is 766. The van der Waals surface area contributed by atoms with E-state index in [-0.39, 0.29) is 5.57 Å². The fourth-order valence-corrected chi connectivity index (χ4v) is 2.54. The van der Waals surface area contributed by atoms with E-state index < -0.39 is 22.3 Å². The van der Waals surface area contributed by atoms with Crippen molar-refractivity contribution in [3.63, 3.8) is 0 Å². The fourth-order valence-electron chi connectivity index (χ4n) is 1.74. The van der Waals surface area contributed by atoms with Crippen molar-refractivity contribution in [1.82, 2.24) is 4.98 Å². The molecule has 2 rings (SSSR count). The molecule has 0 spiro atoms. The summed E-state index contributed by atoms with van der Waals surface area (Å²) in [5.41, 5.74) is 0.901. The van der Waals surface area contributed by atoms with E-state index in [1.165, 1.54) is 42.7 Å². The minimum Gasteiger partial charge on any atom is -0.502 e. The van der Waals surface area contributed by atoms with Gasteiger partial charge >= 0.3 is 11.7 Å². The molecule has 2 aromatic rings. The van der Waals surface area contributed by atoms with Crippen LogP contribution in [0.4, 0.5) is 5.69 Å². The highest BCUT2D eigenvalue weighted by Crippen LogP contribution is 2.29. The van der Waals surface area contributed by atoms with Gasteiger partial charge in [0, 0.05) is 17.1 Å². The molecule has 1 aromatic carbocycles. The number of carbonyl (C=O) groups is 1. The zero-order chi connectivity index (χ0) is 16.3. The van der Waals surface area contributed by atoms with E-state index in [1.807, 2.05) is 0 Å². The summed E-state index contributed by atoms with van der Waals surface area (Å²) in [6, 6.07) is 3.84. The van der Waals surface area contributed by atoms with Crippen molar-refractivity contribution < 1.29 is 19.6 Å². The predicted octanol–water partition coefficient (Wildman–Crippen LogP) is 2.78. The number of thiazole rings is 1. The number of aryl methyl sites for hydroxylation is 1. The van der Waals surface area contributed by atoms with Crippen molar-refractivity contribution in [3.05, 3.63) is 50.0 Å². The highest BCUT2D eigenvalue weighted by Gasteiger charge is 2.18. The molecular formula is C14H12N2O5S. The predicted molar refractivity (Wildman–Crippen MR) is 81.5 cm³/mol. The first-order valence-corrected chi connectivity index (χ1v) is 7.00. The van der Waals surface area contributed by atoms with E-state index in [0.29, 0.717) is 10.6 Å². The third-order valence-corrected chi connectivity index (χ3v) is 3.76. The number of carbonyl (C=O) groups excluding carboxylic acids is 1. The SMILES string of the molecule is COC(=O)/C(=C\c1ccc(O)c([N+](=O)[O-])c1)c1nc(C)cs1. The summed E-state index contributed by atoms with van der Waals surface area (Å²) in [5, 5.41) is 22.5. The molecule has 0 saturated carbocycles. The van der Waals surface area contributed by atoms with Crippen molar-refractivity contribution in [2.75, 3.05) is 7.11 Å².